The Labute approximate surface area is 435 Å². The van der Waals surface area contributed by atoms with E-state index in [2.05, 4.69) is 42.2 Å². The van der Waals surface area contributed by atoms with Crippen LogP contribution in [0.4, 0.5) is 0 Å². The first-order valence-corrected chi connectivity index (χ1v) is 25.4. The lowest BCUT2D eigenvalue weighted by molar-refractivity contribution is -0.146. The van der Waals surface area contributed by atoms with Gasteiger partial charge in [0, 0.05) is 34.1 Å². The monoisotopic (exact) mass is 1050 g/mol. The highest BCUT2D eigenvalue weighted by molar-refractivity contribution is 5.98. The van der Waals surface area contributed by atoms with Gasteiger partial charge in [-0.3, -0.25) is 57.7 Å². The average molecular weight is 1050 g/mol. The third-order valence-electron chi connectivity index (χ3n) is 13.1. The number of nitrogens with zero attached hydrogens (tertiary/aromatic N) is 4. The molecule has 1 heterocycles. The van der Waals surface area contributed by atoms with Crippen molar-refractivity contribution in [3.63, 3.8) is 0 Å². The van der Waals surface area contributed by atoms with Crippen LogP contribution in [0.15, 0.2) is 4.99 Å². The molecule has 1 saturated heterocycles. The molecule has 1 aliphatic heterocycles. The van der Waals surface area contributed by atoms with E-state index in [1.807, 2.05) is 0 Å². The number of aliphatic hydroxyl groups excluding tert-OH is 1. The van der Waals surface area contributed by atoms with Crippen molar-refractivity contribution in [2.24, 2.45) is 39.9 Å². The Morgan fingerprint density at radius 2 is 1.24 bits per heavy atom. The first-order valence-electron chi connectivity index (χ1n) is 25.4. The van der Waals surface area contributed by atoms with E-state index in [0.717, 1.165) is 9.80 Å². The number of carbonyl (C=O) groups excluding carboxylic acids is 11. The lowest BCUT2D eigenvalue weighted by Crippen LogP contribution is -2.63. The minimum Gasteiger partial charge on any atom is -0.391 e. The second kappa shape index (κ2) is 31.9. The zero-order valence-electron chi connectivity index (χ0n) is 45.4. The van der Waals surface area contributed by atoms with Crippen LogP contribution in [0.1, 0.15) is 121 Å². The number of likely N-dealkylation sites (tertiary alicyclic amines) is 1. The fourth-order valence-electron chi connectivity index (χ4n) is 7.90. The molecule has 0 saturated carbocycles. The number of guanidine groups is 1. The summed E-state index contributed by atoms with van der Waals surface area (Å²) in [5.41, 5.74) is 16.4. The Balaban J connectivity index is 3.41. The summed E-state index contributed by atoms with van der Waals surface area (Å²) in [4.78, 5) is 154. The highest BCUT2D eigenvalue weighted by Gasteiger charge is 2.41. The van der Waals surface area contributed by atoms with Crippen molar-refractivity contribution in [3.8, 4) is 0 Å². The Hall–Kier alpha value is -6.60. The van der Waals surface area contributed by atoms with E-state index in [1.165, 1.54) is 39.8 Å². The van der Waals surface area contributed by atoms with Crippen LogP contribution in [0.3, 0.4) is 0 Å². The molecule has 1 aliphatic rings. The molecule has 11 atom stereocenters. The Morgan fingerprint density at radius 1 is 0.703 bits per heavy atom. The summed E-state index contributed by atoms with van der Waals surface area (Å²) in [6, 6.07) is -9.75. The fourth-order valence-corrected chi connectivity index (χ4v) is 7.90. The Kier molecular flexibility index (Phi) is 28.2. The van der Waals surface area contributed by atoms with Crippen molar-refractivity contribution in [1.29, 1.82) is 0 Å². The SMILES string of the molecule is CCC[C@@H](C(=O)N[C@H](C(=O)N[C@@H](CCCN=C(N)N)C(=O)N1CCC[C@H]1C(=O)N[C@H](C)C(N)=O)[C@@H](C)CC)N(C)C(=O)[C@@H](NC(=O)[C@H](NC(=O)[C@@H](NC(=O)CNC(=O)CN(C)C(C)=O)C(C)C)[C@@H](C)CC)[C@@H](C)O. The molecule has 0 bridgehead atoms. The number of hydrogen-bond donors (Lipinski definition) is 11. The molecule has 74 heavy (non-hydrogen) atoms. The van der Waals surface area contributed by atoms with Gasteiger partial charge in [-0.25, -0.2) is 0 Å². The first kappa shape index (κ1) is 65.4. The standard InChI is InChI=1S/C48H86N14O12/c1-13-18-32(41(68)57-37(26(6)14-2)44(71)55-31(19-16-21-52-48(50)51)46(73)62-22-17-20-33(62)42(69)54-28(8)40(49)67)61(12)47(74)39(29(9)63)59-45(72)38(27(7)15-3)58-43(70)36(25(4)5)56-34(65)23-53-35(66)24-60(11)30(10)64/h25-29,31-33,36-39,63H,13-24H2,1-12H3,(H2,49,67)(H,53,66)(H,54,69)(H,55,71)(H,56,65)(H,57,68)(H,58,70)(H,59,72)(H4,50,51,52)/t26-,27-,28+,29+,31-,32-,33-,36-,37-,38+,39-/m0/s1. The third kappa shape index (κ3) is 20.7. The summed E-state index contributed by atoms with van der Waals surface area (Å²) in [5, 5.41) is 29.2. The molecule has 0 spiro atoms. The number of nitrogens with two attached hydrogens (primary N) is 3. The van der Waals surface area contributed by atoms with E-state index < -0.39 is 138 Å². The van der Waals surface area contributed by atoms with Crippen molar-refractivity contribution in [2.75, 3.05) is 40.3 Å². The number of hydrogen-bond acceptors (Lipinski definition) is 13. The van der Waals surface area contributed by atoms with Crippen LogP contribution in [-0.2, 0) is 52.7 Å². The number of primary amides is 1. The molecule has 0 unspecified atom stereocenters. The first-order chi connectivity index (χ1) is 34.5. The van der Waals surface area contributed by atoms with Crippen molar-refractivity contribution in [1.82, 2.24) is 51.9 Å². The second-order valence-corrected chi connectivity index (χ2v) is 19.5. The number of likely N-dealkylation sites (N-methyl/N-ethyl adjacent to an activating group) is 2. The van der Waals surface area contributed by atoms with E-state index >= 15 is 0 Å². The van der Waals surface area contributed by atoms with Gasteiger partial charge in [0.15, 0.2) is 5.96 Å². The van der Waals surface area contributed by atoms with Crippen LogP contribution < -0.4 is 54.4 Å². The number of carbonyl (C=O) groups is 11. The molecule has 0 radical (unpaired) electrons. The summed E-state index contributed by atoms with van der Waals surface area (Å²) in [5.74, 6) is -9.27. The molecule has 1 fully saturated rings. The lowest BCUT2D eigenvalue weighted by atomic mass is 9.95. The minimum absolute atomic E-state index is 0.0354. The molecule has 1 rings (SSSR count). The molecule has 14 N–H and O–H groups in total. The normalized spacial score (nSPS) is 17.2. The van der Waals surface area contributed by atoms with Crippen molar-refractivity contribution >= 4 is 70.9 Å². The third-order valence-corrected chi connectivity index (χ3v) is 13.1. The highest BCUT2D eigenvalue weighted by Crippen LogP contribution is 2.21. The van der Waals surface area contributed by atoms with E-state index in [9.17, 15) is 57.8 Å². The van der Waals surface area contributed by atoms with Gasteiger partial charge in [-0.2, -0.15) is 0 Å². The smallest absolute Gasteiger partial charge is 0.248 e. The lowest BCUT2D eigenvalue weighted by Gasteiger charge is -2.35. The van der Waals surface area contributed by atoms with E-state index in [0.29, 0.717) is 25.7 Å². The fraction of sp³-hybridized carbons (Fsp3) is 0.750. The summed E-state index contributed by atoms with van der Waals surface area (Å²) in [6.45, 7) is 15.5. The number of nitrogens with one attached hydrogen (secondary N) is 7. The van der Waals surface area contributed by atoms with E-state index in [-0.39, 0.29) is 57.2 Å². The highest BCUT2D eigenvalue weighted by atomic mass is 16.3. The van der Waals surface area contributed by atoms with Gasteiger partial charge in [0.25, 0.3) is 0 Å². The molecule has 0 aromatic rings. The molecule has 0 aromatic heterocycles. The van der Waals surface area contributed by atoms with Gasteiger partial charge in [-0.05, 0) is 63.7 Å². The summed E-state index contributed by atoms with van der Waals surface area (Å²) in [7, 11) is 2.73. The van der Waals surface area contributed by atoms with Gasteiger partial charge < -0.3 is 74.2 Å². The molecule has 26 heteroatoms. The molecular formula is C48H86N14O12. The van der Waals surface area contributed by atoms with Crippen LogP contribution >= 0.6 is 0 Å². The van der Waals surface area contributed by atoms with E-state index in [1.54, 1.807) is 48.5 Å². The molecule has 11 amide bonds. The molecule has 420 valence electrons. The zero-order valence-corrected chi connectivity index (χ0v) is 45.4. The summed E-state index contributed by atoms with van der Waals surface area (Å²) < 4.78 is 0. The maximum Gasteiger partial charge on any atom is 0.248 e. The van der Waals surface area contributed by atoms with Gasteiger partial charge in [-0.15, -0.1) is 0 Å². The Morgan fingerprint density at radius 3 is 1.74 bits per heavy atom. The second-order valence-electron chi connectivity index (χ2n) is 19.5. The summed E-state index contributed by atoms with van der Waals surface area (Å²) in [6.07, 6.45) is 0.704. The van der Waals surface area contributed by atoms with Gasteiger partial charge in [0.1, 0.15) is 48.3 Å². The van der Waals surface area contributed by atoms with Gasteiger partial charge >= 0.3 is 0 Å². The maximum atomic E-state index is 14.3. The number of amides is 11. The van der Waals surface area contributed by atoms with Crippen LogP contribution in [-0.4, -0.2) is 185 Å². The van der Waals surface area contributed by atoms with E-state index in [4.69, 9.17) is 17.2 Å². The Bertz CT molecular complexity index is 2000. The van der Waals surface area contributed by atoms with Crippen LogP contribution in [0.2, 0.25) is 0 Å². The van der Waals surface area contributed by atoms with Gasteiger partial charge in [-0.1, -0.05) is 67.7 Å². The van der Waals surface area contributed by atoms with Crippen LogP contribution in [0, 0.1) is 17.8 Å². The molecular weight excluding hydrogens is 965 g/mol. The van der Waals surface area contributed by atoms with Crippen LogP contribution in [0.25, 0.3) is 0 Å². The quantitative estimate of drug-likeness (QED) is 0.0185. The average Bonchev–Trinajstić information content (AvgIpc) is 3.84. The van der Waals surface area contributed by atoms with Crippen molar-refractivity contribution < 1.29 is 57.8 Å². The molecule has 26 nitrogen and oxygen atoms in total. The largest absolute Gasteiger partial charge is 0.391 e. The van der Waals surface area contributed by atoms with Crippen LogP contribution in [0.5, 0.6) is 0 Å². The minimum atomic E-state index is -1.63. The zero-order chi connectivity index (χ0) is 56.7. The number of aliphatic imine (C=N–C) groups is 1. The number of aliphatic hydroxyl groups is 1. The predicted molar refractivity (Wildman–Crippen MR) is 274 cm³/mol. The molecule has 0 aromatic carbocycles. The van der Waals surface area contributed by atoms with Crippen molar-refractivity contribution in [2.45, 2.75) is 175 Å². The predicted octanol–water partition coefficient (Wildman–Crippen LogP) is -3.20. The maximum absolute atomic E-state index is 14.3. The topological polar surface area (TPSA) is 392 Å². The summed E-state index contributed by atoms with van der Waals surface area (Å²) >= 11 is 0. The van der Waals surface area contributed by atoms with Crippen molar-refractivity contribution in [3.05, 3.63) is 0 Å². The van der Waals surface area contributed by atoms with Gasteiger partial charge in [0.05, 0.1) is 19.2 Å². The number of rotatable bonds is 31. The molecule has 0 aliphatic carbocycles. The van der Waals surface area contributed by atoms with Gasteiger partial charge in [0.2, 0.25) is 65.0 Å².